The molecule has 1 aliphatic rings. The van der Waals surface area contributed by atoms with Gasteiger partial charge in [-0.15, -0.1) is 0 Å². The third kappa shape index (κ3) is 3.13. The number of hydrogen-bond donors (Lipinski definition) is 2. The first-order valence-electron chi connectivity index (χ1n) is 6.50. The number of nitrogens with one attached hydrogen (secondary N) is 1. The van der Waals surface area contributed by atoms with Crippen LogP contribution in [0.3, 0.4) is 0 Å². The smallest absolute Gasteiger partial charge is 0.238 e. The summed E-state index contributed by atoms with van der Waals surface area (Å²) < 4.78 is 26.1. The molecule has 1 fully saturated rings. The van der Waals surface area contributed by atoms with Crippen LogP contribution in [-0.4, -0.2) is 41.1 Å². The Balaban J connectivity index is 1.85. The zero-order valence-corrected chi connectivity index (χ0v) is 11.5. The fraction of sp³-hybridized carbons (Fsp3) is 0.500. The fourth-order valence-electron chi connectivity index (χ4n) is 2.19. The largest absolute Gasteiger partial charge is 0.387 e. The van der Waals surface area contributed by atoms with E-state index in [1.54, 1.807) is 4.90 Å². The van der Waals surface area contributed by atoms with E-state index < -0.39 is 17.2 Å². The van der Waals surface area contributed by atoms with Gasteiger partial charge in [0.05, 0.1) is 17.8 Å². The van der Waals surface area contributed by atoms with Crippen molar-refractivity contribution in [3.05, 3.63) is 29.8 Å². The fourth-order valence-corrected chi connectivity index (χ4v) is 2.19. The molecule has 1 aromatic carbocycles. The lowest BCUT2D eigenvalue weighted by Gasteiger charge is -2.48. The van der Waals surface area contributed by atoms with Crippen LogP contribution in [0.15, 0.2) is 18.2 Å². The highest BCUT2D eigenvalue weighted by molar-refractivity contribution is 5.92. The average Bonchev–Trinajstić information content (AvgIpc) is 2.30. The Morgan fingerprint density at radius 3 is 2.65 bits per heavy atom. The third-order valence-corrected chi connectivity index (χ3v) is 3.64. The number of benzene rings is 1. The van der Waals surface area contributed by atoms with Crippen LogP contribution < -0.4 is 5.32 Å². The maximum atomic E-state index is 13.4. The first-order valence-corrected chi connectivity index (χ1v) is 6.50. The van der Waals surface area contributed by atoms with Crippen molar-refractivity contribution in [2.24, 2.45) is 5.92 Å². The normalized spacial score (nSPS) is 17.9. The molecule has 0 unspecified atom stereocenters. The minimum absolute atomic E-state index is 0.0453. The second-order valence-electron chi connectivity index (χ2n) is 5.58. The van der Waals surface area contributed by atoms with E-state index in [4.69, 9.17) is 0 Å². The minimum atomic E-state index is -0.805. The van der Waals surface area contributed by atoms with Crippen molar-refractivity contribution in [3.63, 3.8) is 0 Å². The van der Waals surface area contributed by atoms with Crippen molar-refractivity contribution in [2.45, 2.75) is 19.4 Å². The van der Waals surface area contributed by atoms with Crippen molar-refractivity contribution in [3.8, 4) is 0 Å². The summed E-state index contributed by atoms with van der Waals surface area (Å²) in [6.45, 7) is 4.76. The highest BCUT2D eigenvalue weighted by Gasteiger charge is 2.43. The van der Waals surface area contributed by atoms with Gasteiger partial charge in [0.15, 0.2) is 0 Å². The lowest BCUT2D eigenvalue weighted by Crippen LogP contribution is -2.65. The van der Waals surface area contributed by atoms with E-state index in [-0.39, 0.29) is 24.1 Å². The minimum Gasteiger partial charge on any atom is -0.387 e. The maximum absolute atomic E-state index is 13.4. The molecule has 2 N–H and O–H groups in total. The maximum Gasteiger partial charge on any atom is 0.238 e. The molecule has 110 valence electrons. The molecule has 0 bridgehead atoms. The molecule has 0 aromatic heterocycles. The molecule has 2 rings (SSSR count). The van der Waals surface area contributed by atoms with Gasteiger partial charge in [-0.2, -0.15) is 0 Å². The molecule has 0 radical (unpaired) electrons. The molecule has 6 heteroatoms. The van der Waals surface area contributed by atoms with Gasteiger partial charge in [0.2, 0.25) is 5.91 Å². The monoisotopic (exact) mass is 284 g/mol. The van der Waals surface area contributed by atoms with Crippen molar-refractivity contribution in [1.29, 1.82) is 0 Å². The predicted molar refractivity (Wildman–Crippen MR) is 71.2 cm³/mol. The highest BCUT2D eigenvalue weighted by atomic mass is 19.1. The Labute approximate surface area is 116 Å². The van der Waals surface area contributed by atoms with E-state index in [1.807, 2.05) is 13.8 Å². The van der Waals surface area contributed by atoms with E-state index >= 15 is 0 Å². The van der Waals surface area contributed by atoms with E-state index in [1.165, 1.54) is 6.07 Å². The van der Waals surface area contributed by atoms with Crippen LogP contribution in [0, 0.1) is 17.6 Å². The summed E-state index contributed by atoms with van der Waals surface area (Å²) in [6.07, 6.45) is 0. The number of anilines is 1. The topological polar surface area (TPSA) is 52.6 Å². The molecule has 0 saturated carbocycles. The first kappa shape index (κ1) is 14.9. The second kappa shape index (κ2) is 5.46. The average molecular weight is 284 g/mol. The quantitative estimate of drug-likeness (QED) is 0.883. The van der Waals surface area contributed by atoms with Gasteiger partial charge in [0.1, 0.15) is 11.6 Å². The van der Waals surface area contributed by atoms with Crippen LogP contribution in [-0.2, 0) is 4.79 Å². The van der Waals surface area contributed by atoms with Gasteiger partial charge in [-0.05, 0) is 18.1 Å². The second-order valence-corrected chi connectivity index (χ2v) is 5.58. The molecule has 1 aliphatic heterocycles. The number of likely N-dealkylation sites (tertiary alicyclic amines) is 1. The van der Waals surface area contributed by atoms with Gasteiger partial charge >= 0.3 is 0 Å². The Morgan fingerprint density at radius 1 is 1.45 bits per heavy atom. The van der Waals surface area contributed by atoms with Gasteiger partial charge in [-0.1, -0.05) is 13.8 Å². The molecule has 0 aliphatic carbocycles. The molecule has 20 heavy (non-hydrogen) atoms. The molecule has 1 heterocycles. The molecule has 1 amide bonds. The molecule has 1 saturated heterocycles. The zero-order chi connectivity index (χ0) is 14.9. The SMILES string of the molecule is CC(C)C1(O)CN(CC(=O)Nc2ccc(F)cc2F)C1. The van der Waals surface area contributed by atoms with E-state index in [0.29, 0.717) is 13.1 Å². The van der Waals surface area contributed by atoms with Crippen LogP contribution >= 0.6 is 0 Å². The van der Waals surface area contributed by atoms with Crippen molar-refractivity contribution in [1.82, 2.24) is 4.90 Å². The number of halogens is 2. The molecular formula is C14H18F2N2O2. The number of rotatable bonds is 4. The van der Waals surface area contributed by atoms with Crippen LogP contribution in [0.25, 0.3) is 0 Å². The van der Waals surface area contributed by atoms with Crippen molar-refractivity contribution < 1.29 is 18.7 Å². The number of β-amino-alcohol motifs (C(OH)–C–C–N with tert-alkyl or cyclic N) is 1. The summed E-state index contributed by atoms with van der Waals surface area (Å²) in [5.74, 6) is -1.76. The number of nitrogens with zero attached hydrogens (tertiary/aromatic N) is 1. The number of carbonyl (C=O) groups excluding carboxylic acids is 1. The van der Waals surface area contributed by atoms with Crippen LogP contribution in [0.1, 0.15) is 13.8 Å². The Morgan fingerprint density at radius 2 is 2.10 bits per heavy atom. The standard InChI is InChI=1S/C14H18F2N2O2/c1-9(2)14(20)7-18(8-14)6-13(19)17-12-4-3-10(15)5-11(12)16/h3-5,9,20H,6-8H2,1-2H3,(H,17,19). The van der Waals surface area contributed by atoms with Crippen molar-refractivity contribution >= 4 is 11.6 Å². The summed E-state index contributed by atoms with van der Waals surface area (Å²) in [5.41, 5.74) is -0.794. The number of aliphatic hydroxyl groups is 1. The third-order valence-electron chi connectivity index (χ3n) is 3.64. The molecule has 1 aromatic rings. The van der Waals surface area contributed by atoms with Crippen LogP contribution in [0.2, 0.25) is 0 Å². The van der Waals surface area contributed by atoms with Gasteiger partial charge in [-0.25, -0.2) is 8.78 Å². The van der Waals surface area contributed by atoms with E-state index in [0.717, 1.165) is 12.1 Å². The zero-order valence-electron chi connectivity index (χ0n) is 11.5. The Hall–Kier alpha value is -1.53. The van der Waals surface area contributed by atoms with Gasteiger partial charge in [0.25, 0.3) is 0 Å². The Bertz CT molecular complexity index is 514. The number of carbonyl (C=O) groups is 1. The van der Waals surface area contributed by atoms with E-state index in [2.05, 4.69) is 5.32 Å². The molecule has 0 spiro atoms. The number of hydrogen-bond acceptors (Lipinski definition) is 3. The van der Waals surface area contributed by atoms with Crippen molar-refractivity contribution in [2.75, 3.05) is 25.0 Å². The predicted octanol–water partition coefficient (Wildman–Crippen LogP) is 1.61. The van der Waals surface area contributed by atoms with Gasteiger partial charge in [0, 0.05) is 19.2 Å². The lowest BCUT2D eigenvalue weighted by molar-refractivity contribution is -0.139. The van der Waals surface area contributed by atoms with Crippen LogP contribution in [0.4, 0.5) is 14.5 Å². The van der Waals surface area contributed by atoms with Gasteiger partial charge in [-0.3, -0.25) is 9.69 Å². The summed E-state index contributed by atoms with van der Waals surface area (Å²) in [7, 11) is 0. The molecular weight excluding hydrogens is 266 g/mol. The molecule has 0 atom stereocenters. The molecule has 4 nitrogen and oxygen atoms in total. The highest BCUT2D eigenvalue weighted by Crippen LogP contribution is 2.28. The summed E-state index contributed by atoms with van der Waals surface area (Å²) in [6, 6.07) is 2.99. The van der Waals surface area contributed by atoms with Gasteiger partial charge < -0.3 is 10.4 Å². The Kier molecular flexibility index (Phi) is 4.06. The van der Waals surface area contributed by atoms with Crippen LogP contribution in [0.5, 0.6) is 0 Å². The lowest BCUT2D eigenvalue weighted by atomic mass is 9.83. The summed E-state index contributed by atoms with van der Waals surface area (Å²) >= 11 is 0. The summed E-state index contributed by atoms with van der Waals surface area (Å²) in [4.78, 5) is 13.5. The summed E-state index contributed by atoms with van der Waals surface area (Å²) in [5, 5.41) is 12.4. The first-order chi connectivity index (χ1) is 9.30. The number of amides is 1. The van der Waals surface area contributed by atoms with E-state index in [9.17, 15) is 18.7 Å².